The van der Waals surface area contributed by atoms with E-state index < -0.39 is 0 Å². The maximum atomic E-state index is 2.77. The number of para-hydroxylation sites is 2. The molecule has 2 atom stereocenters. The Morgan fingerprint density at radius 2 is 1.17 bits per heavy atom. The van der Waals surface area contributed by atoms with Gasteiger partial charge in [-0.25, -0.2) is 0 Å². The van der Waals surface area contributed by atoms with Crippen LogP contribution in [0.15, 0.2) is 48.5 Å². The number of hydrogen-bond donors (Lipinski definition) is 0. The van der Waals surface area contributed by atoms with Crippen molar-refractivity contribution in [1.82, 2.24) is 0 Å². The van der Waals surface area contributed by atoms with E-state index in [1.807, 2.05) is 0 Å². The topological polar surface area (TPSA) is 6.48 Å². The minimum atomic E-state index is -0.157. The largest absolute Gasteiger partial charge is 0.400 e. The van der Waals surface area contributed by atoms with Crippen molar-refractivity contribution in [1.29, 1.82) is 0 Å². The molecular formula is C20H28N2Si2. The van der Waals surface area contributed by atoms with E-state index in [9.17, 15) is 0 Å². The van der Waals surface area contributed by atoms with E-state index in [2.05, 4.69) is 71.5 Å². The van der Waals surface area contributed by atoms with Crippen LogP contribution in [0.25, 0.3) is 0 Å². The van der Waals surface area contributed by atoms with Crippen LogP contribution in [0.5, 0.6) is 0 Å². The van der Waals surface area contributed by atoms with Gasteiger partial charge in [-0.05, 0) is 62.0 Å². The van der Waals surface area contributed by atoms with Crippen molar-refractivity contribution in [2.45, 2.75) is 50.9 Å². The van der Waals surface area contributed by atoms with Crippen LogP contribution < -0.4 is 9.13 Å². The maximum absolute atomic E-state index is 2.77. The molecule has 0 bridgehead atoms. The molecule has 2 heterocycles. The first kappa shape index (κ1) is 16.0. The third-order valence-electron chi connectivity index (χ3n) is 5.74. The summed E-state index contributed by atoms with van der Waals surface area (Å²) >= 11 is 0. The van der Waals surface area contributed by atoms with Crippen molar-refractivity contribution in [2.24, 2.45) is 0 Å². The first-order valence-electron chi connectivity index (χ1n) is 9.43. The Morgan fingerprint density at radius 3 is 1.62 bits per heavy atom. The monoisotopic (exact) mass is 352 g/mol. The van der Waals surface area contributed by atoms with Gasteiger partial charge in [-0.2, -0.15) is 0 Å². The summed E-state index contributed by atoms with van der Waals surface area (Å²) in [5.74, 6) is 0. The molecule has 2 aromatic rings. The fourth-order valence-electron chi connectivity index (χ4n) is 4.51. The van der Waals surface area contributed by atoms with Crippen LogP contribution in [0.3, 0.4) is 0 Å². The van der Waals surface area contributed by atoms with Gasteiger partial charge in [-0.15, -0.1) is 0 Å². The summed E-state index contributed by atoms with van der Waals surface area (Å²) in [6.45, 7) is 4.81. The molecule has 2 aromatic carbocycles. The highest BCUT2D eigenvalue weighted by Gasteiger charge is 2.26. The number of anilines is 2. The number of nitrogens with zero attached hydrogens (tertiary/aromatic N) is 2. The molecule has 126 valence electrons. The van der Waals surface area contributed by atoms with Gasteiger partial charge in [0.2, 0.25) is 0 Å². The molecule has 0 amide bonds. The van der Waals surface area contributed by atoms with Gasteiger partial charge in [0, 0.05) is 23.5 Å². The van der Waals surface area contributed by atoms with Crippen LogP contribution in [0, 0.1) is 0 Å². The van der Waals surface area contributed by atoms with E-state index >= 15 is 0 Å². The third kappa shape index (κ3) is 2.93. The predicted octanol–water partition coefficient (Wildman–Crippen LogP) is 2.89. The van der Waals surface area contributed by atoms with Gasteiger partial charge >= 0.3 is 0 Å². The van der Waals surface area contributed by atoms with Crippen molar-refractivity contribution in [3.05, 3.63) is 59.7 Å². The van der Waals surface area contributed by atoms with Crippen molar-refractivity contribution in [3.63, 3.8) is 0 Å². The summed E-state index contributed by atoms with van der Waals surface area (Å²) in [6.07, 6.45) is 2.49. The minimum absolute atomic E-state index is 0.157. The second-order valence-corrected chi connectivity index (χ2v) is 11.1. The lowest BCUT2D eigenvalue weighted by atomic mass is 10.1. The van der Waals surface area contributed by atoms with Gasteiger partial charge < -0.3 is 9.13 Å². The fraction of sp³-hybridized carbons (Fsp3) is 0.400. The summed E-state index contributed by atoms with van der Waals surface area (Å²) in [5, 5.41) is 0. The zero-order valence-electron chi connectivity index (χ0n) is 14.9. The number of rotatable bonds is 5. The van der Waals surface area contributed by atoms with Crippen LogP contribution >= 0.6 is 0 Å². The lowest BCUT2D eigenvalue weighted by Gasteiger charge is -2.27. The molecule has 24 heavy (non-hydrogen) atoms. The van der Waals surface area contributed by atoms with Crippen molar-refractivity contribution in [2.75, 3.05) is 9.13 Å². The van der Waals surface area contributed by atoms with Gasteiger partial charge in [0.1, 0.15) is 19.4 Å². The average molecular weight is 353 g/mol. The highest BCUT2D eigenvalue weighted by Crippen LogP contribution is 2.33. The van der Waals surface area contributed by atoms with Crippen molar-refractivity contribution >= 4 is 30.7 Å². The molecule has 0 saturated carbocycles. The van der Waals surface area contributed by atoms with Crippen LogP contribution in [0.2, 0.25) is 12.1 Å². The molecule has 0 aliphatic carbocycles. The average Bonchev–Trinajstić information content (AvgIpc) is 3.08. The highest BCUT2D eigenvalue weighted by atomic mass is 28.2. The Hall–Kier alpha value is -1.53. The molecule has 0 N–H and O–H groups in total. The molecule has 0 spiro atoms. The fourth-order valence-corrected chi connectivity index (χ4v) is 9.21. The predicted molar refractivity (Wildman–Crippen MR) is 111 cm³/mol. The molecule has 0 aromatic heterocycles. The zero-order valence-corrected chi connectivity index (χ0v) is 17.7. The molecule has 4 rings (SSSR count). The van der Waals surface area contributed by atoms with Gasteiger partial charge in [-0.3, -0.25) is 0 Å². The van der Waals surface area contributed by atoms with Crippen LogP contribution in [0.1, 0.15) is 25.0 Å². The Balaban J connectivity index is 1.33. The summed E-state index contributed by atoms with van der Waals surface area (Å²) < 4.78 is 5.54. The van der Waals surface area contributed by atoms with Crippen molar-refractivity contribution in [3.8, 4) is 0 Å². The van der Waals surface area contributed by atoms with E-state index in [4.69, 9.17) is 0 Å². The van der Waals surface area contributed by atoms with E-state index in [0.717, 1.165) is 12.1 Å². The normalized spacial score (nSPS) is 22.9. The first-order valence-corrected chi connectivity index (χ1v) is 12.7. The molecular weight excluding hydrogens is 324 g/mol. The van der Waals surface area contributed by atoms with E-state index in [-0.39, 0.29) is 19.4 Å². The molecule has 2 unspecified atom stereocenters. The van der Waals surface area contributed by atoms with Crippen molar-refractivity contribution < 1.29 is 0 Å². The molecule has 0 radical (unpaired) electrons. The highest BCUT2D eigenvalue weighted by molar-refractivity contribution is 6.48. The number of hydrogen-bond acceptors (Lipinski definition) is 2. The molecule has 2 nitrogen and oxygen atoms in total. The lowest BCUT2D eigenvalue weighted by molar-refractivity contribution is 0.779. The summed E-state index contributed by atoms with van der Waals surface area (Å²) in [5.41, 5.74) is 6.21. The third-order valence-corrected chi connectivity index (χ3v) is 11.3. The molecule has 0 saturated heterocycles. The van der Waals surface area contributed by atoms with E-state index in [1.165, 1.54) is 24.9 Å². The maximum Gasteiger partial charge on any atom is 0.124 e. The standard InChI is InChI=1S/C20H28N2Si2/c1-15-13-17-7-3-5-9-19(17)21(15)23-11-12-24-22-16(2)14-18-8-4-6-10-20(18)22/h3-10,15-16H,11-14,23-24H2,1-2H3. The van der Waals surface area contributed by atoms with Gasteiger partial charge in [0.15, 0.2) is 0 Å². The summed E-state index contributed by atoms with van der Waals surface area (Å²) in [7, 11) is -0.315. The summed E-state index contributed by atoms with van der Waals surface area (Å²) in [4.78, 5) is 0. The summed E-state index contributed by atoms with van der Waals surface area (Å²) in [6, 6.07) is 22.5. The Labute approximate surface area is 150 Å². The SMILES string of the molecule is CC1Cc2ccccc2N1[SiH2]CC[SiH2]N1c2ccccc2CC1C. The quantitative estimate of drug-likeness (QED) is 0.603. The molecule has 2 aliphatic heterocycles. The van der Waals surface area contributed by atoms with Crippen LogP contribution in [0.4, 0.5) is 11.4 Å². The molecule has 0 fully saturated rings. The van der Waals surface area contributed by atoms with Gasteiger partial charge in [0.25, 0.3) is 0 Å². The second-order valence-electron chi connectivity index (χ2n) is 7.46. The minimum Gasteiger partial charge on any atom is -0.400 e. The van der Waals surface area contributed by atoms with E-state index in [1.54, 1.807) is 22.5 Å². The second kappa shape index (κ2) is 6.77. The number of fused-ring (bicyclic) bond motifs is 2. The zero-order chi connectivity index (χ0) is 16.5. The Morgan fingerprint density at radius 1 is 0.750 bits per heavy atom. The number of benzene rings is 2. The lowest BCUT2D eigenvalue weighted by Crippen LogP contribution is -2.35. The Bertz CT molecular complexity index is 657. The van der Waals surface area contributed by atoms with Gasteiger partial charge in [-0.1, -0.05) is 36.4 Å². The Kier molecular flexibility index (Phi) is 4.50. The van der Waals surface area contributed by atoms with Crippen LogP contribution in [-0.2, 0) is 12.8 Å². The molecule has 4 heteroatoms. The van der Waals surface area contributed by atoms with E-state index in [0.29, 0.717) is 0 Å². The van der Waals surface area contributed by atoms with Gasteiger partial charge in [0.05, 0.1) is 0 Å². The first-order chi connectivity index (χ1) is 11.7. The van der Waals surface area contributed by atoms with Crippen LogP contribution in [-0.4, -0.2) is 31.4 Å². The smallest absolute Gasteiger partial charge is 0.124 e. The molecule has 2 aliphatic rings.